The largest absolute Gasteiger partial charge is 0.379 e. The van der Waals surface area contributed by atoms with Crippen LogP contribution in [0.15, 0.2) is 54.7 Å². The lowest BCUT2D eigenvalue weighted by atomic mass is 9.89. The molecule has 11 heteroatoms. The first-order chi connectivity index (χ1) is 18.9. The molecular formula is C24H21F4N5O2. The van der Waals surface area contributed by atoms with Crippen molar-refractivity contribution in [2.45, 2.75) is 25.2 Å². The van der Waals surface area contributed by atoms with Gasteiger partial charge in [-0.3, -0.25) is 4.79 Å². The molecule has 0 saturated carbocycles. The Balaban J connectivity index is 1.74. The first-order valence-corrected chi connectivity index (χ1v) is 9.96. The minimum Gasteiger partial charge on any atom is -0.379 e. The molecule has 0 unspecified atom stereocenters. The first kappa shape index (κ1) is 17.4. The van der Waals surface area contributed by atoms with Crippen LogP contribution in [0.5, 0.6) is 0 Å². The van der Waals surface area contributed by atoms with Crippen molar-refractivity contribution >= 4 is 17.5 Å². The van der Waals surface area contributed by atoms with E-state index in [1.54, 1.807) is 5.32 Å². The fraction of sp³-hybridized carbons (Fsp3) is 0.208. The van der Waals surface area contributed by atoms with E-state index in [0.717, 1.165) is 12.1 Å². The lowest BCUT2D eigenvalue weighted by Crippen LogP contribution is -2.50. The Hall–Kier alpha value is -3.99. The molecule has 0 radical (unpaired) electrons. The van der Waals surface area contributed by atoms with E-state index in [9.17, 15) is 14.3 Å². The van der Waals surface area contributed by atoms with Gasteiger partial charge in [0.1, 0.15) is 11.6 Å². The van der Waals surface area contributed by atoms with Crippen molar-refractivity contribution in [3.63, 3.8) is 0 Å². The fourth-order valence-electron chi connectivity index (χ4n) is 3.40. The van der Waals surface area contributed by atoms with Crippen LogP contribution in [-0.2, 0) is 5.60 Å². The molecule has 4 N–H and O–H groups in total. The third kappa shape index (κ3) is 4.42. The van der Waals surface area contributed by atoms with Gasteiger partial charge in [-0.2, -0.15) is 4.98 Å². The molecule has 4 rings (SSSR count). The second kappa shape index (κ2) is 8.66. The number of halogens is 4. The molecule has 7 nitrogen and oxygen atoms in total. The number of nitrogens with two attached hydrogens (primary N) is 1. The topological polar surface area (TPSA) is 106 Å². The van der Waals surface area contributed by atoms with Crippen LogP contribution < -0.4 is 11.1 Å². The molecule has 0 bridgehead atoms. The molecule has 1 amide bonds. The van der Waals surface area contributed by atoms with Crippen molar-refractivity contribution in [2.24, 2.45) is 0 Å². The molecule has 35 heavy (non-hydrogen) atoms. The number of carbonyl (C=O) groups is 1. The Morgan fingerprint density at radius 3 is 2.63 bits per heavy atom. The lowest BCUT2D eigenvalue weighted by Gasteiger charge is -2.33. The number of fused-ring (bicyclic) bond motifs is 1. The number of hydrogen-bond donors (Lipinski definition) is 3. The predicted octanol–water partition coefficient (Wildman–Crippen LogP) is 3.84. The van der Waals surface area contributed by atoms with Crippen molar-refractivity contribution in [3.8, 4) is 11.1 Å². The molecule has 0 spiro atoms. The Morgan fingerprint density at radius 1 is 1.20 bits per heavy atom. The monoisotopic (exact) mass is 493 g/mol. The Kier molecular flexibility index (Phi) is 4.32. The van der Waals surface area contributed by atoms with Crippen LogP contribution in [0.4, 0.5) is 23.5 Å². The summed E-state index contributed by atoms with van der Waals surface area (Å²) in [7, 11) is 0. The smallest absolute Gasteiger partial charge is 0.296 e. The van der Waals surface area contributed by atoms with Crippen molar-refractivity contribution in [2.75, 3.05) is 12.3 Å². The summed E-state index contributed by atoms with van der Waals surface area (Å²) in [5.41, 5.74) is -1.13. The Labute approximate surface area is 205 Å². The highest BCUT2D eigenvalue weighted by atomic mass is 19.3. The number of carbonyl (C=O) groups excluding carboxylic acids is 1. The van der Waals surface area contributed by atoms with Gasteiger partial charge in [-0.25, -0.2) is 22.1 Å². The summed E-state index contributed by atoms with van der Waals surface area (Å²) in [6.45, 7) is -8.70. The average molecular weight is 493 g/mol. The molecule has 2 heterocycles. The van der Waals surface area contributed by atoms with Gasteiger partial charge in [-0.15, -0.1) is 5.10 Å². The molecule has 0 aliphatic rings. The van der Waals surface area contributed by atoms with Gasteiger partial charge in [-0.05, 0) is 54.7 Å². The zero-order chi connectivity index (χ0) is 30.5. The number of aromatic nitrogens is 3. The average Bonchev–Trinajstić information content (AvgIpc) is 3.25. The summed E-state index contributed by atoms with van der Waals surface area (Å²) >= 11 is 0. The highest BCUT2D eigenvalue weighted by Gasteiger charge is 2.50. The highest BCUT2D eigenvalue weighted by molar-refractivity contribution is 5.97. The second-order valence-corrected chi connectivity index (χ2v) is 7.64. The summed E-state index contributed by atoms with van der Waals surface area (Å²) in [5, 5.41) is 16.3. The molecule has 2 aromatic carbocycles. The van der Waals surface area contributed by atoms with Gasteiger partial charge in [0.2, 0.25) is 5.95 Å². The molecule has 0 saturated heterocycles. The van der Waals surface area contributed by atoms with Crippen molar-refractivity contribution < 1.29 is 35.7 Å². The van der Waals surface area contributed by atoms with Crippen LogP contribution in [0.2, 0.25) is 0 Å². The Bertz CT molecular complexity index is 1630. The number of anilines is 1. The summed E-state index contributed by atoms with van der Waals surface area (Å²) in [6, 6.07) is 7.33. The third-order valence-corrected chi connectivity index (χ3v) is 5.30. The summed E-state index contributed by atoms with van der Waals surface area (Å²) < 4.78 is 107. The third-order valence-electron chi connectivity index (χ3n) is 5.30. The van der Waals surface area contributed by atoms with Gasteiger partial charge in [-0.1, -0.05) is 24.3 Å². The zero-order valence-electron chi connectivity index (χ0n) is 23.7. The number of nitrogens with one attached hydrogen (secondary N) is 1. The quantitative estimate of drug-likeness (QED) is 0.354. The maximum Gasteiger partial charge on any atom is 0.296 e. The van der Waals surface area contributed by atoms with E-state index in [2.05, 4.69) is 10.1 Å². The van der Waals surface area contributed by atoms with Crippen molar-refractivity contribution in [1.29, 1.82) is 0 Å². The number of benzene rings is 2. The van der Waals surface area contributed by atoms with Gasteiger partial charge < -0.3 is 16.2 Å². The number of aliphatic hydroxyl groups is 1. The SMILES string of the molecule is [2H]C([2H])([2H])c1ccc(-c2ccn3nc(N)nc3c2)c(F)c1C(=O)NCC(F)(F)[C@](O)(c1ccc(F)cc1)C([2H])([2H])[2H]. The molecule has 2 aromatic heterocycles. The zero-order valence-corrected chi connectivity index (χ0v) is 17.7. The Morgan fingerprint density at radius 2 is 1.94 bits per heavy atom. The number of amides is 1. The van der Waals surface area contributed by atoms with Crippen LogP contribution in [0.25, 0.3) is 16.8 Å². The molecule has 0 fully saturated rings. The van der Waals surface area contributed by atoms with E-state index in [0.29, 0.717) is 24.3 Å². The van der Waals surface area contributed by atoms with Gasteiger partial charge in [0, 0.05) is 20.0 Å². The summed E-state index contributed by atoms with van der Waals surface area (Å²) in [4.78, 5) is 17.0. The standard InChI is InChI=1S/C24H21F4N5O2/c1-13-3-8-17(14-9-10-33-18(11-14)31-22(29)32-33)20(26)19(13)21(34)30-12-24(27,28)23(2,35)15-4-6-16(25)7-5-15/h3-11,35H,12H2,1-2H3,(H2,29,32)(H,30,34)/t23-/m1/s1/i1D3,2D3. The second-order valence-electron chi connectivity index (χ2n) is 7.64. The molecular weight excluding hydrogens is 466 g/mol. The fourth-order valence-corrected chi connectivity index (χ4v) is 3.40. The van der Waals surface area contributed by atoms with Crippen LogP contribution in [0, 0.1) is 18.5 Å². The number of nitrogens with zero attached hydrogens (tertiary/aromatic N) is 3. The van der Waals surface area contributed by atoms with E-state index in [4.69, 9.17) is 14.0 Å². The maximum atomic E-state index is 15.8. The van der Waals surface area contributed by atoms with E-state index < -0.39 is 66.0 Å². The van der Waals surface area contributed by atoms with Gasteiger partial charge in [0.15, 0.2) is 11.2 Å². The van der Waals surface area contributed by atoms with Gasteiger partial charge in [0.25, 0.3) is 11.8 Å². The number of pyridine rings is 1. The van der Waals surface area contributed by atoms with Crippen LogP contribution in [0.3, 0.4) is 0 Å². The number of aryl methyl sites for hydroxylation is 1. The molecule has 182 valence electrons. The van der Waals surface area contributed by atoms with Crippen molar-refractivity contribution in [1.82, 2.24) is 19.9 Å². The van der Waals surface area contributed by atoms with Crippen LogP contribution >= 0.6 is 0 Å². The van der Waals surface area contributed by atoms with Crippen LogP contribution in [-0.4, -0.2) is 38.1 Å². The van der Waals surface area contributed by atoms with Gasteiger partial charge in [0.05, 0.1) is 12.1 Å². The number of nitrogen functional groups attached to an aromatic ring is 1. The molecule has 1 atom stereocenters. The number of hydrogen-bond acceptors (Lipinski definition) is 5. The van der Waals surface area contributed by atoms with Gasteiger partial charge >= 0.3 is 0 Å². The molecule has 0 aliphatic carbocycles. The minimum atomic E-state index is -4.64. The van der Waals surface area contributed by atoms with Crippen molar-refractivity contribution in [3.05, 3.63) is 83.1 Å². The first-order valence-electron chi connectivity index (χ1n) is 13.0. The van der Waals surface area contributed by atoms with E-state index in [1.165, 1.54) is 22.8 Å². The lowest BCUT2D eigenvalue weighted by molar-refractivity contribution is -0.173. The number of rotatable bonds is 6. The normalized spacial score (nSPS) is 16.8. The maximum absolute atomic E-state index is 15.8. The summed E-state index contributed by atoms with van der Waals surface area (Å²) in [6.07, 6.45) is 1.37. The minimum absolute atomic E-state index is 0.0842. The highest BCUT2D eigenvalue weighted by Crippen LogP contribution is 2.37. The van der Waals surface area contributed by atoms with Crippen LogP contribution in [0.1, 0.15) is 36.6 Å². The summed E-state index contributed by atoms with van der Waals surface area (Å²) in [5.74, 6) is -8.61. The van der Waals surface area contributed by atoms with E-state index in [-0.39, 0.29) is 22.7 Å². The van der Waals surface area contributed by atoms with E-state index in [1.807, 2.05) is 0 Å². The predicted molar refractivity (Wildman–Crippen MR) is 121 cm³/mol. The molecule has 4 aromatic rings. The van der Waals surface area contributed by atoms with E-state index >= 15 is 13.2 Å². The molecule has 0 aliphatic heterocycles. The number of alkyl halides is 2.